The standard InChI is InChI=1S/C24H27N7O3/c1-24(2,3)23-28-21(29-34-23)22(32)25-14-16-4-6-17(7-5-16)20-18-8-9-26-31(18)15-19(27-20)30-10-12-33-13-11-30/h4-9,15H,10-14H2,1-3H3,(H,25,32). The number of carbonyl (C=O) groups excluding carboxylic acids is 1. The molecule has 1 fully saturated rings. The molecule has 176 valence electrons. The minimum Gasteiger partial charge on any atom is -0.378 e. The Balaban J connectivity index is 1.32. The van der Waals surface area contributed by atoms with Gasteiger partial charge in [-0.3, -0.25) is 4.79 Å². The Hall–Kier alpha value is -3.79. The average Bonchev–Trinajstić information content (AvgIpc) is 3.53. The highest BCUT2D eigenvalue weighted by Crippen LogP contribution is 2.26. The summed E-state index contributed by atoms with van der Waals surface area (Å²) >= 11 is 0. The van der Waals surface area contributed by atoms with Crippen LogP contribution in [0.25, 0.3) is 16.8 Å². The summed E-state index contributed by atoms with van der Waals surface area (Å²) < 4.78 is 12.5. The lowest BCUT2D eigenvalue weighted by molar-refractivity contribution is 0.0937. The molecule has 10 nitrogen and oxygen atoms in total. The van der Waals surface area contributed by atoms with Crippen molar-refractivity contribution in [2.75, 3.05) is 31.2 Å². The van der Waals surface area contributed by atoms with Gasteiger partial charge in [0.25, 0.3) is 11.7 Å². The van der Waals surface area contributed by atoms with Crippen LogP contribution in [-0.4, -0.2) is 56.9 Å². The Kier molecular flexibility index (Phi) is 5.74. The molecule has 0 aliphatic carbocycles. The lowest BCUT2D eigenvalue weighted by Crippen LogP contribution is -2.37. The third kappa shape index (κ3) is 4.49. The van der Waals surface area contributed by atoms with Gasteiger partial charge < -0.3 is 19.5 Å². The number of hydrogen-bond donors (Lipinski definition) is 1. The highest BCUT2D eigenvalue weighted by Gasteiger charge is 2.24. The molecule has 4 heterocycles. The van der Waals surface area contributed by atoms with E-state index < -0.39 is 0 Å². The van der Waals surface area contributed by atoms with E-state index in [-0.39, 0.29) is 17.1 Å². The van der Waals surface area contributed by atoms with E-state index in [4.69, 9.17) is 14.2 Å². The van der Waals surface area contributed by atoms with Crippen molar-refractivity contribution >= 4 is 17.2 Å². The van der Waals surface area contributed by atoms with E-state index in [1.165, 1.54) is 0 Å². The lowest BCUT2D eigenvalue weighted by Gasteiger charge is -2.28. The van der Waals surface area contributed by atoms with Gasteiger partial charge in [-0.25, -0.2) is 9.50 Å². The number of nitrogens with zero attached hydrogens (tertiary/aromatic N) is 6. The van der Waals surface area contributed by atoms with Gasteiger partial charge in [0.1, 0.15) is 5.82 Å². The third-order valence-electron chi connectivity index (χ3n) is 5.66. The minimum atomic E-state index is -0.371. The SMILES string of the molecule is CC(C)(C)c1nc(C(=O)NCc2ccc(-c3nc(N4CCOCC4)cn4nccc34)cc2)no1. The number of carbonyl (C=O) groups is 1. The molecule has 0 atom stereocenters. The molecule has 34 heavy (non-hydrogen) atoms. The molecule has 0 radical (unpaired) electrons. The summed E-state index contributed by atoms with van der Waals surface area (Å²) in [6.07, 6.45) is 3.73. The van der Waals surface area contributed by atoms with E-state index in [2.05, 4.69) is 25.5 Å². The number of hydrogen-bond acceptors (Lipinski definition) is 8. The van der Waals surface area contributed by atoms with Crippen LogP contribution in [0.3, 0.4) is 0 Å². The number of benzene rings is 1. The number of fused-ring (bicyclic) bond motifs is 1. The van der Waals surface area contributed by atoms with Gasteiger partial charge in [0.05, 0.1) is 36.8 Å². The Morgan fingerprint density at radius 2 is 1.85 bits per heavy atom. The maximum atomic E-state index is 12.4. The van der Waals surface area contributed by atoms with Crippen LogP contribution in [0.1, 0.15) is 42.8 Å². The average molecular weight is 462 g/mol. The highest BCUT2D eigenvalue weighted by molar-refractivity contribution is 5.90. The number of rotatable bonds is 5. The highest BCUT2D eigenvalue weighted by atomic mass is 16.5. The zero-order valence-electron chi connectivity index (χ0n) is 19.5. The van der Waals surface area contributed by atoms with Crippen LogP contribution in [0.5, 0.6) is 0 Å². The lowest BCUT2D eigenvalue weighted by atomic mass is 9.97. The second-order valence-corrected chi connectivity index (χ2v) is 9.26. The second-order valence-electron chi connectivity index (χ2n) is 9.26. The Morgan fingerprint density at radius 1 is 1.09 bits per heavy atom. The first kappa shape index (κ1) is 22.0. The topological polar surface area (TPSA) is 111 Å². The van der Waals surface area contributed by atoms with Gasteiger partial charge >= 0.3 is 0 Å². The monoisotopic (exact) mass is 461 g/mol. The summed E-state index contributed by atoms with van der Waals surface area (Å²) in [6.45, 7) is 9.19. The molecule has 1 N–H and O–H groups in total. The molecule has 1 aromatic carbocycles. The summed E-state index contributed by atoms with van der Waals surface area (Å²) in [4.78, 5) is 23.8. The molecule has 1 aliphatic rings. The molecule has 1 saturated heterocycles. The quantitative estimate of drug-likeness (QED) is 0.483. The predicted octanol–water partition coefficient (Wildman–Crippen LogP) is 2.84. The molecule has 0 saturated carbocycles. The van der Waals surface area contributed by atoms with Crippen LogP contribution in [0.4, 0.5) is 5.82 Å². The molecular weight excluding hydrogens is 434 g/mol. The molecule has 0 spiro atoms. The van der Waals surface area contributed by atoms with E-state index in [1.807, 2.05) is 61.8 Å². The van der Waals surface area contributed by atoms with Gasteiger partial charge in [0.2, 0.25) is 5.89 Å². The number of morpholine rings is 1. The van der Waals surface area contributed by atoms with Gasteiger partial charge in [0.15, 0.2) is 0 Å². The summed E-state index contributed by atoms with van der Waals surface area (Å²) in [6, 6.07) is 9.92. The van der Waals surface area contributed by atoms with Crippen molar-refractivity contribution in [1.82, 2.24) is 30.1 Å². The molecule has 1 amide bonds. The summed E-state index contributed by atoms with van der Waals surface area (Å²) in [5.41, 5.74) is 3.41. The first-order valence-corrected chi connectivity index (χ1v) is 11.3. The zero-order valence-corrected chi connectivity index (χ0v) is 19.5. The maximum absolute atomic E-state index is 12.4. The molecule has 5 rings (SSSR count). The zero-order chi connectivity index (χ0) is 23.7. The van der Waals surface area contributed by atoms with Crippen LogP contribution in [-0.2, 0) is 16.7 Å². The number of nitrogens with one attached hydrogen (secondary N) is 1. The first-order chi connectivity index (χ1) is 16.4. The van der Waals surface area contributed by atoms with Gasteiger partial charge in [-0.15, -0.1) is 0 Å². The van der Waals surface area contributed by atoms with Gasteiger partial charge in [0, 0.05) is 30.6 Å². The van der Waals surface area contributed by atoms with Gasteiger partial charge in [-0.05, 0) is 11.6 Å². The fraction of sp³-hybridized carbons (Fsp3) is 0.375. The van der Waals surface area contributed by atoms with Crippen LogP contribution in [0, 0.1) is 0 Å². The van der Waals surface area contributed by atoms with E-state index in [0.29, 0.717) is 25.6 Å². The van der Waals surface area contributed by atoms with Crippen molar-refractivity contribution in [2.45, 2.75) is 32.7 Å². The summed E-state index contributed by atoms with van der Waals surface area (Å²) in [5.74, 6) is 0.971. The molecular formula is C24H27N7O3. The Morgan fingerprint density at radius 3 is 2.56 bits per heavy atom. The van der Waals surface area contributed by atoms with E-state index in [9.17, 15) is 4.79 Å². The minimum absolute atomic E-state index is 0.0359. The van der Waals surface area contributed by atoms with Crippen molar-refractivity contribution in [2.24, 2.45) is 0 Å². The summed E-state index contributed by atoms with van der Waals surface area (Å²) in [5, 5.41) is 11.1. The van der Waals surface area contributed by atoms with Crippen LogP contribution in [0.15, 0.2) is 47.2 Å². The van der Waals surface area contributed by atoms with E-state index in [1.54, 1.807) is 6.20 Å². The molecule has 10 heteroatoms. The predicted molar refractivity (Wildman–Crippen MR) is 126 cm³/mol. The number of anilines is 1. The second kappa shape index (κ2) is 8.86. The van der Waals surface area contributed by atoms with Crippen molar-refractivity contribution in [1.29, 1.82) is 0 Å². The Bertz CT molecular complexity index is 1300. The third-order valence-corrected chi connectivity index (χ3v) is 5.66. The number of ether oxygens (including phenoxy) is 1. The van der Waals surface area contributed by atoms with Gasteiger partial charge in [-0.2, -0.15) is 10.1 Å². The fourth-order valence-corrected chi connectivity index (χ4v) is 3.73. The van der Waals surface area contributed by atoms with Crippen LogP contribution >= 0.6 is 0 Å². The number of amides is 1. The maximum Gasteiger partial charge on any atom is 0.292 e. The molecule has 0 bridgehead atoms. The van der Waals surface area contributed by atoms with Crippen molar-refractivity contribution in [3.05, 3.63) is 60.0 Å². The van der Waals surface area contributed by atoms with Crippen LogP contribution in [0.2, 0.25) is 0 Å². The number of aromatic nitrogens is 5. The molecule has 4 aromatic rings. The largest absolute Gasteiger partial charge is 0.378 e. The van der Waals surface area contributed by atoms with Crippen LogP contribution < -0.4 is 10.2 Å². The molecule has 3 aromatic heterocycles. The molecule has 1 aliphatic heterocycles. The van der Waals surface area contributed by atoms with E-state index >= 15 is 0 Å². The summed E-state index contributed by atoms with van der Waals surface area (Å²) in [7, 11) is 0. The fourth-order valence-electron chi connectivity index (χ4n) is 3.73. The normalized spacial score (nSPS) is 14.5. The van der Waals surface area contributed by atoms with Crippen molar-refractivity contribution in [3.8, 4) is 11.3 Å². The first-order valence-electron chi connectivity index (χ1n) is 11.3. The van der Waals surface area contributed by atoms with Crippen molar-refractivity contribution < 1.29 is 14.1 Å². The van der Waals surface area contributed by atoms with E-state index in [0.717, 1.165) is 41.2 Å². The molecule has 0 unspecified atom stereocenters. The Labute approximate surface area is 196 Å². The smallest absolute Gasteiger partial charge is 0.292 e. The van der Waals surface area contributed by atoms with Crippen molar-refractivity contribution in [3.63, 3.8) is 0 Å². The van der Waals surface area contributed by atoms with Gasteiger partial charge in [-0.1, -0.05) is 50.2 Å².